The van der Waals surface area contributed by atoms with Gasteiger partial charge in [0.05, 0.1) is 23.8 Å². The molecule has 0 amide bonds. The Morgan fingerprint density at radius 2 is 1.68 bits per heavy atom. The van der Waals surface area contributed by atoms with E-state index < -0.39 is 0 Å². The molecule has 1 aliphatic rings. The average Bonchev–Trinajstić information content (AvgIpc) is 3.47. The highest BCUT2D eigenvalue weighted by Gasteiger charge is 2.23. The van der Waals surface area contributed by atoms with E-state index in [0.29, 0.717) is 11.8 Å². The van der Waals surface area contributed by atoms with Gasteiger partial charge in [-0.2, -0.15) is 0 Å². The average molecular weight is 510 g/mol. The lowest BCUT2D eigenvalue weighted by Gasteiger charge is -2.21. The fourth-order valence-electron chi connectivity index (χ4n) is 5.01. The topological polar surface area (TPSA) is 45.9 Å². The van der Waals surface area contributed by atoms with Crippen LogP contribution in [0.15, 0.2) is 67.1 Å². The predicted octanol–water partition coefficient (Wildman–Crippen LogP) is 7.91. The van der Waals surface area contributed by atoms with Crippen LogP contribution in [-0.4, -0.2) is 33.0 Å². The number of aromatic nitrogens is 3. The van der Waals surface area contributed by atoms with E-state index >= 15 is 0 Å². The zero-order chi connectivity index (χ0) is 27.2. The molecular formula is C32H39N5O. The molecule has 0 spiro atoms. The number of nitrogens with zero attached hydrogens (tertiary/aromatic N) is 5. The third-order valence-electron chi connectivity index (χ3n) is 7.00. The van der Waals surface area contributed by atoms with Crippen molar-refractivity contribution in [3.05, 3.63) is 84.1 Å². The summed E-state index contributed by atoms with van der Waals surface area (Å²) in [6.07, 6.45) is 6.07. The minimum Gasteiger partial charge on any atom is -0.457 e. The Labute approximate surface area is 226 Å². The zero-order valence-electron chi connectivity index (χ0n) is 23.9. The third-order valence-corrected chi connectivity index (χ3v) is 7.00. The van der Waals surface area contributed by atoms with E-state index in [-0.39, 0.29) is 5.41 Å². The highest BCUT2D eigenvalue weighted by atomic mass is 16.5. The van der Waals surface area contributed by atoms with Crippen LogP contribution in [0.25, 0.3) is 17.0 Å². The first-order valence-corrected chi connectivity index (χ1v) is 13.5. The molecule has 0 bridgehead atoms. The Morgan fingerprint density at radius 3 is 2.34 bits per heavy atom. The van der Waals surface area contributed by atoms with Crippen molar-refractivity contribution in [2.24, 2.45) is 0 Å². The van der Waals surface area contributed by atoms with E-state index in [0.717, 1.165) is 46.6 Å². The van der Waals surface area contributed by atoms with E-state index in [4.69, 9.17) is 14.7 Å². The maximum Gasteiger partial charge on any atom is 0.141 e. The maximum absolute atomic E-state index is 6.50. The van der Waals surface area contributed by atoms with Crippen molar-refractivity contribution >= 4 is 11.3 Å². The van der Waals surface area contributed by atoms with Crippen LogP contribution in [0.3, 0.4) is 0 Å². The summed E-state index contributed by atoms with van der Waals surface area (Å²) in [7, 11) is 2.07. The van der Waals surface area contributed by atoms with Gasteiger partial charge in [0.25, 0.3) is 0 Å². The molecule has 3 aromatic heterocycles. The van der Waals surface area contributed by atoms with E-state index in [1.165, 1.54) is 11.3 Å². The molecule has 0 saturated carbocycles. The number of benzene rings is 1. The maximum atomic E-state index is 6.50. The van der Waals surface area contributed by atoms with E-state index in [1.807, 2.05) is 24.4 Å². The quantitative estimate of drug-likeness (QED) is 0.264. The van der Waals surface area contributed by atoms with Crippen LogP contribution in [0.4, 0.5) is 5.69 Å². The normalized spacial score (nSPS) is 13.9. The molecule has 0 fully saturated rings. The van der Waals surface area contributed by atoms with Crippen molar-refractivity contribution in [1.29, 1.82) is 0 Å². The summed E-state index contributed by atoms with van der Waals surface area (Å²) >= 11 is 0. The summed E-state index contributed by atoms with van der Waals surface area (Å²) in [6, 6.07) is 16.7. The van der Waals surface area contributed by atoms with Crippen molar-refractivity contribution in [1.82, 2.24) is 19.3 Å². The molecule has 1 aliphatic heterocycles. The van der Waals surface area contributed by atoms with Crippen molar-refractivity contribution < 1.29 is 4.74 Å². The molecule has 0 atom stereocenters. The molecular weight excluding hydrogens is 470 g/mol. The van der Waals surface area contributed by atoms with Gasteiger partial charge in [-0.25, -0.2) is 4.98 Å². The summed E-state index contributed by atoms with van der Waals surface area (Å²) in [6.45, 7) is 16.4. The van der Waals surface area contributed by atoms with Crippen LogP contribution in [0.5, 0.6) is 11.5 Å². The number of fused-ring (bicyclic) bond motifs is 1. The number of hydrogen-bond acceptors (Lipinski definition) is 5. The van der Waals surface area contributed by atoms with Gasteiger partial charge >= 0.3 is 0 Å². The summed E-state index contributed by atoms with van der Waals surface area (Å²) < 4.78 is 8.78. The Bertz CT molecular complexity index is 1490. The fraction of sp³-hybridized carbons (Fsp3) is 0.375. The summed E-state index contributed by atoms with van der Waals surface area (Å²) in [4.78, 5) is 14.3. The first-order valence-electron chi connectivity index (χ1n) is 13.5. The van der Waals surface area contributed by atoms with Crippen LogP contribution in [-0.2, 0) is 5.41 Å². The lowest BCUT2D eigenvalue weighted by atomic mass is 9.87. The van der Waals surface area contributed by atoms with Crippen LogP contribution in [0.1, 0.15) is 77.3 Å². The van der Waals surface area contributed by atoms with Gasteiger partial charge in [0.15, 0.2) is 0 Å². The molecule has 6 nitrogen and oxygen atoms in total. The Balaban J connectivity index is 1.65. The van der Waals surface area contributed by atoms with Gasteiger partial charge in [-0.15, -0.1) is 0 Å². The minimum absolute atomic E-state index is 0.0162. The third kappa shape index (κ3) is 5.00. The second-order valence-electron chi connectivity index (χ2n) is 11.9. The molecule has 0 saturated heterocycles. The second kappa shape index (κ2) is 9.82. The largest absolute Gasteiger partial charge is 0.457 e. The van der Waals surface area contributed by atoms with Crippen molar-refractivity contribution in [2.45, 2.75) is 65.7 Å². The molecule has 198 valence electrons. The number of pyridine rings is 2. The van der Waals surface area contributed by atoms with Gasteiger partial charge in [-0.05, 0) is 47.1 Å². The van der Waals surface area contributed by atoms with E-state index in [1.54, 1.807) is 0 Å². The van der Waals surface area contributed by atoms with Gasteiger partial charge in [-0.1, -0.05) is 54.5 Å². The standard InChI is InChI=1S/C32H39N5O/c1-21(2)30-31(22(3)4)37-28(27-16-23(12-13-33-27)32(5,6)7)18-26(19-29(37)34-30)38-25-11-9-10-24(17-25)36-15-14-35(8)20-36/h9-19,21-22H,20H2,1-8H3. The summed E-state index contributed by atoms with van der Waals surface area (Å²) in [5, 5.41) is 0. The molecule has 0 radical (unpaired) electrons. The lowest BCUT2D eigenvalue weighted by molar-refractivity contribution is 0.480. The highest BCUT2D eigenvalue weighted by molar-refractivity contribution is 5.66. The SMILES string of the molecule is CC(C)c1nc2cc(Oc3cccc(N4C=CN(C)C4)c3)cc(-c3cc(C(C)(C)C)ccn3)n2c1C(C)C. The smallest absolute Gasteiger partial charge is 0.141 e. The van der Waals surface area contributed by atoms with Gasteiger partial charge < -0.3 is 14.5 Å². The molecule has 4 aromatic rings. The van der Waals surface area contributed by atoms with Gasteiger partial charge in [0.1, 0.15) is 17.1 Å². The highest BCUT2D eigenvalue weighted by Crippen LogP contribution is 2.36. The molecule has 38 heavy (non-hydrogen) atoms. The van der Waals surface area contributed by atoms with Gasteiger partial charge in [0, 0.05) is 55.2 Å². The van der Waals surface area contributed by atoms with Gasteiger partial charge in [0.2, 0.25) is 0 Å². The molecule has 1 aromatic carbocycles. The lowest BCUT2D eigenvalue weighted by Crippen LogP contribution is -2.21. The first kappa shape index (κ1) is 25.8. The zero-order valence-corrected chi connectivity index (χ0v) is 23.9. The second-order valence-corrected chi connectivity index (χ2v) is 11.9. The molecule has 0 aliphatic carbocycles. The number of imidazole rings is 1. The predicted molar refractivity (Wildman–Crippen MR) is 156 cm³/mol. The van der Waals surface area contributed by atoms with Crippen LogP contribution in [0.2, 0.25) is 0 Å². The monoisotopic (exact) mass is 509 g/mol. The van der Waals surface area contributed by atoms with E-state index in [9.17, 15) is 0 Å². The van der Waals surface area contributed by atoms with Crippen molar-refractivity contribution in [2.75, 3.05) is 18.6 Å². The summed E-state index contributed by atoms with van der Waals surface area (Å²) in [5.74, 6) is 2.15. The molecule has 0 unspecified atom stereocenters. The van der Waals surface area contributed by atoms with Crippen LogP contribution < -0.4 is 9.64 Å². The Morgan fingerprint density at radius 1 is 0.895 bits per heavy atom. The number of hydrogen-bond donors (Lipinski definition) is 0. The van der Waals surface area contributed by atoms with E-state index in [2.05, 4.69) is 112 Å². The molecule has 5 rings (SSSR count). The number of rotatable bonds is 6. The summed E-state index contributed by atoms with van der Waals surface area (Å²) in [5.41, 5.74) is 7.50. The minimum atomic E-state index is 0.0162. The first-order chi connectivity index (χ1) is 18.0. The van der Waals surface area contributed by atoms with Crippen LogP contribution >= 0.6 is 0 Å². The molecule has 4 heterocycles. The fourth-order valence-corrected chi connectivity index (χ4v) is 5.01. The van der Waals surface area contributed by atoms with Crippen LogP contribution in [0, 0.1) is 0 Å². The molecule has 6 heteroatoms. The Hall–Kier alpha value is -3.80. The van der Waals surface area contributed by atoms with Crippen molar-refractivity contribution in [3.8, 4) is 22.9 Å². The number of anilines is 1. The van der Waals surface area contributed by atoms with Crippen molar-refractivity contribution in [3.63, 3.8) is 0 Å². The number of ether oxygens (including phenoxy) is 1. The molecule has 0 N–H and O–H groups in total. The Kier molecular flexibility index (Phi) is 6.68. The van der Waals surface area contributed by atoms with Gasteiger partial charge in [-0.3, -0.25) is 9.38 Å².